The molecule has 4 aromatic rings. The average molecular weight is 451 g/mol. The molecule has 166 valence electrons. The van der Waals surface area contributed by atoms with Crippen LogP contribution in [0.15, 0.2) is 30.6 Å². The summed E-state index contributed by atoms with van der Waals surface area (Å²) in [5, 5.41) is 4.54. The first-order valence-corrected chi connectivity index (χ1v) is 11.4. The van der Waals surface area contributed by atoms with Crippen molar-refractivity contribution in [2.75, 3.05) is 26.1 Å². The highest BCUT2D eigenvalue weighted by atomic mass is 32.1. The van der Waals surface area contributed by atoms with E-state index >= 15 is 0 Å². The third-order valence-corrected chi connectivity index (χ3v) is 6.92. The summed E-state index contributed by atoms with van der Waals surface area (Å²) in [6.45, 7) is 5.48. The van der Waals surface area contributed by atoms with E-state index < -0.39 is 0 Å². The van der Waals surface area contributed by atoms with Crippen molar-refractivity contribution in [1.82, 2.24) is 15.0 Å². The topological polar surface area (TPSA) is 78.4 Å². The van der Waals surface area contributed by atoms with Crippen molar-refractivity contribution in [2.24, 2.45) is 0 Å². The van der Waals surface area contributed by atoms with Gasteiger partial charge in [-0.1, -0.05) is 6.07 Å². The zero-order chi connectivity index (χ0) is 22.3. The zero-order valence-electron chi connectivity index (χ0n) is 18.7. The predicted molar refractivity (Wildman–Crippen MR) is 127 cm³/mol. The monoisotopic (exact) mass is 450 g/mol. The molecule has 1 aliphatic heterocycles. The normalized spacial score (nSPS) is 15.0. The van der Waals surface area contributed by atoms with E-state index in [2.05, 4.69) is 35.2 Å². The van der Waals surface area contributed by atoms with Gasteiger partial charge in [0.25, 0.3) is 0 Å². The first-order valence-electron chi connectivity index (χ1n) is 10.6. The minimum atomic E-state index is -0.184. The molecule has 32 heavy (non-hydrogen) atoms. The molecule has 0 aliphatic carbocycles. The number of ether oxygens (including phenoxy) is 3. The van der Waals surface area contributed by atoms with E-state index in [1.165, 1.54) is 0 Å². The lowest BCUT2D eigenvalue weighted by Crippen LogP contribution is -2.32. The molecule has 0 radical (unpaired) electrons. The SMILES string of the molecule is COc1cccc(OC)c1CCNc1ncnc2c1sc1nc3c(cc12)COC(C)(C)C3. The predicted octanol–water partition coefficient (Wildman–Crippen LogP) is 4.76. The summed E-state index contributed by atoms with van der Waals surface area (Å²) >= 11 is 1.63. The number of nitrogens with one attached hydrogen (secondary N) is 1. The van der Waals surface area contributed by atoms with Crippen LogP contribution < -0.4 is 14.8 Å². The summed E-state index contributed by atoms with van der Waals surface area (Å²) in [6, 6.07) is 8.01. The molecule has 0 amide bonds. The molecule has 0 saturated heterocycles. The molecule has 3 aromatic heterocycles. The van der Waals surface area contributed by atoms with Gasteiger partial charge in [-0.15, -0.1) is 11.3 Å². The highest BCUT2D eigenvalue weighted by Crippen LogP contribution is 2.38. The van der Waals surface area contributed by atoms with Crippen molar-refractivity contribution >= 4 is 37.6 Å². The van der Waals surface area contributed by atoms with Crippen LogP contribution in [0.5, 0.6) is 11.5 Å². The lowest BCUT2D eigenvalue weighted by atomic mass is 9.95. The molecule has 4 heterocycles. The fourth-order valence-electron chi connectivity index (χ4n) is 4.19. The van der Waals surface area contributed by atoms with Gasteiger partial charge in [0.15, 0.2) is 0 Å². The molecule has 0 unspecified atom stereocenters. The molecule has 1 aliphatic rings. The van der Waals surface area contributed by atoms with Crippen LogP contribution in [0.1, 0.15) is 30.7 Å². The van der Waals surface area contributed by atoms with Crippen molar-refractivity contribution in [3.8, 4) is 11.5 Å². The van der Waals surface area contributed by atoms with Crippen LogP contribution >= 0.6 is 11.3 Å². The molecule has 0 saturated carbocycles. The Morgan fingerprint density at radius 1 is 1.16 bits per heavy atom. The van der Waals surface area contributed by atoms with Crippen LogP contribution in [-0.2, 0) is 24.2 Å². The van der Waals surface area contributed by atoms with E-state index in [0.29, 0.717) is 13.2 Å². The summed E-state index contributed by atoms with van der Waals surface area (Å²) < 4.78 is 18.0. The summed E-state index contributed by atoms with van der Waals surface area (Å²) in [6.07, 6.45) is 3.16. The van der Waals surface area contributed by atoms with Gasteiger partial charge >= 0.3 is 0 Å². The van der Waals surface area contributed by atoms with Gasteiger partial charge in [0.05, 0.1) is 42.3 Å². The van der Waals surface area contributed by atoms with Gasteiger partial charge < -0.3 is 19.5 Å². The molecule has 1 N–H and O–H groups in total. The number of thiophene rings is 1. The maximum Gasteiger partial charge on any atom is 0.147 e. The van der Waals surface area contributed by atoms with Crippen molar-refractivity contribution in [3.63, 3.8) is 0 Å². The number of benzene rings is 1. The van der Waals surface area contributed by atoms with Gasteiger partial charge in [0, 0.05) is 29.5 Å². The van der Waals surface area contributed by atoms with Crippen molar-refractivity contribution in [3.05, 3.63) is 47.4 Å². The van der Waals surface area contributed by atoms with Crippen molar-refractivity contribution in [1.29, 1.82) is 0 Å². The number of aromatic nitrogens is 3. The van der Waals surface area contributed by atoms with Crippen LogP contribution in [0, 0.1) is 0 Å². The number of rotatable bonds is 6. The Labute approximate surface area is 190 Å². The van der Waals surface area contributed by atoms with Crippen LogP contribution in [0.3, 0.4) is 0 Å². The number of anilines is 1. The minimum absolute atomic E-state index is 0.184. The Morgan fingerprint density at radius 3 is 2.69 bits per heavy atom. The van der Waals surface area contributed by atoms with Crippen LogP contribution in [-0.4, -0.2) is 41.3 Å². The first kappa shape index (κ1) is 20.9. The smallest absolute Gasteiger partial charge is 0.147 e. The third kappa shape index (κ3) is 3.73. The molecule has 0 spiro atoms. The van der Waals surface area contributed by atoms with E-state index in [-0.39, 0.29) is 5.60 Å². The number of methoxy groups -OCH3 is 2. The standard InChI is InChI=1S/C24H26N4O3S/c1-24(2)11-17-14(12-31-24)10-16-20-21(32-23(16)28-17)22(27-13-26-20)25-9-8-15-18(29-3)6-5-7-19(15)30-4/h5-7,10,13H,8-9,11-12H2,1-4H3,(H,25,26,27). The van der Waals surface area contributed by atoms with E-state index in [1.54, 1.807) is 31.9 Å². The molecule has 0 atom stereocenters. The first-order chi connectivity index (χ1) is 15.5. The minimum Gasteiger partial charge on any atom is -0.496 e. The summed E-state index contributed by atoms with van der Waals surface area (Å²) in [7, 11) is 3.35. The maximum atomic E-state index is 5.98. The number of fused-ring (bicyclic) bond motifs is 4. The Bertz CT molecular complexity index is 1280. The van der Waals surface area contributed by atoms with Crippen LogP contribution in [0.4, 0.5) is 5.82 Å². The highest BCUT2D eigenvalue weighted by Gasteiger charge is 2.28. The summed E-state index contributed by atoms with van der Waals surface area (Å²) in [5.41, 5.74) is 4.04. The highest BCUT2D eigenvalue weighted by molar-refractivity contribution is 7.25. The maximum absolute atomic E-state index is 5.98. The van der Waals surface area contributed by atoms with Gasteiger partial charge in [-0.3, -0.25) is 0 Å². The summed E-state index contributed by atoms with van der Waals surface area (Å²) in [5.74, 6) is 2.46. The van der Waals surface area contributed by atoms with Crippen molar-refractivity contribution < 1.29 is 14.2 Å². The van der Waals surface area contributed by atoms with Gasteiger partial charge in [-0.2, -0.15) is 0 Å². The van der Waals surface area contributed by atoms with Gasteiger partial charge in [0.2, 0.25) is 0 Å². The molecule has 0 bridgehead atoms. The fourth-order valence-corrected chi connectivity index (χ4v) is 5.29. The van der Waals surface area contributed by atoms with E-state index in [9.17, 15) is 0 Å². The Hall–Kier alpha value is -2.97. The third-order valence-electron chi connectivity index (χ3n) is 5.82. The van der Waals surface area contributed by atoms with Gasteiger partial charge in [0.1, 0.15) is 28.5 Å². The van der Waals surface area contributed by atoms with Crippen LogP contribution in [0.25, 0.3) is 20.4 Å². The van der Waals surface area contributed by atoms with Crippen LogP contribution in [0.2, 0.25) is 0 Å². The molecule has 1 aromatic carbocycles. The van der Waals surface area contributed by atoms with E-state index in [0.717, 1.165) is 67.4 Å². The Kier molecular flexibility index (Phi) is 5.35. The number of nitrogens with zero attached hydrogens (tertiary/aromatic N) is 3. The molecule has 0 fully saturated rings. The zero-order valence-corrected chi connectivity index (χ0v) is 19.5. The lowest BCUT2D eigenvalue weighted by molar-refractivity contribution is -0.0411. The van der Waals surface area contributed by atoms with Gasteiger partial charge in [-0.05, 0) is 38.5 Å². The van der Waals surface area contributed by atoms with Crippen molar-refractivity contribution in [2.45, 2.75) is 38.9 Å². The van der Waals surface area contributed by atoms with E-state index in [4.69, 9.17) is 19.2 Å². The molecule has 7 nitrogen and oxygen atoms in total. The second-order valence-corrected chi connectivity index (χ2v) is 9.49. The van der Waals surface area contributed by atoms with Gasteiger partial charge in [-0.25, -0.2) is 15.0 Å². The largest absolute Gasteiger partial charge is 0.496 e. The number of pyridine rings is 1. The summed E-state index contributed by atoms with van der Waals surface area (Å²) in [4.78, 5) is 15.0. The molecular formula is C24H26N4O3S. The molecule has 5 rings (SSSR count). The molecule has 8 heteroatoms. The number of hydrogen-bond donors (Lipinski definition) is 1. The Morgan fingerprint density at radius 2 is 1.94 bits per heavy atom. The molecular weight excluding hydrogens is 424 g/mol. The van der Waals surface area contributed by atoms with E-state index in [1.807, 2.05) is 18.2 Å². The number of hydrogen-bond acceptors (Lipinski definition) is 8. The second kappa shape index (κ2) is 8.18. The fraction of sp³-hybridized carbons (Fsp3) is 0.375. The quantitative estimate of drug-likeness (QED) is 0.454. The average Bonchev–Trinajstić information content (AvgIpc) is 3.15. The Balaban J connectivity index is 1.44. The second-order valence-electron chi connectivity index (χ2n) is 8.49. The lowest BCUT2D eigenvalue weighted by Gasteiger charge is -2.30.